The smallest absolute Gasteiger partial charge is 0.241 e. The van der Waals surface area contributed by atoms with E-state index in [1.54, 1.807) is 43.3 Å². The number of hydrogen-bond donors (Lipinski definition) is 1. The van der Waals surface area contributed by atoms with E-state index in [0.29, 0.717) is 22.6 Å². The minimum Gasteiger partial charge on any atom is -0.504 e. The van der Waals surface area contributed by atoms with Crippen LogP contribution in [0.5, 0.6) is 11.5 Å². The molecule has 2 saturated heterocycles. The highest BCUT2D eigenvalue weighted by Crippen LogP contribution is 2.64. The molecule has 11 nitrogen and oxygen atoms in total. The summed E-state index contributed by atoms with van der Waals surface area (Å²) < 4.78 is 19.6. The fourth-order valence-corrected chi connectivity index (χ4v) is 9.17. The number of fused-ring (bicyclic) bond motifs is 4. The van der Waals surface area contributed by atoms with E-state index in [-0.39, 0.29) is 46.9 Å². The van der Waals surface area contributed by atoms with Crippen LogP contribution in [0, 0.1) is 34.9 Å². The molecule has 4 aliphatic rings. The Hall–Kier alpha value is -5.88. The van der Waals surface area contributed by atoms with Crippen LogP contribution in [0.25, 0.3) is 0 Å². The molecule has 4 amide bonds. The zero-order valence-corrected chi connectivity index (χ0v) is 31.2. The Bertz CT molecular complexity index is 2330. The van der Waals surface area contributed by atoms with Crippen LogP contribution in [-0.2, 0) is 19.2 Å². The summed E-state index contributed by atoms with van der Waals surface area (Å²) in [6.45, 7) is 1.74. The number of allylic oxidation sites excluding steroid dienone is 2. The van der Waals surface area contributed by atoms with Gasteiger partial charge in [-0.2, -0.15) is 10.2 Å². The van der Waals surface area contributed by atoms with Crippen molar-refractivity contribution in [3.63, 3.8) is 0 Å². The van der Waals surface area contributed by atoms with Gasteiger partial charge in [0.05, 0.1) is 58.1 Å². The largest absolute Gasteiger partial charge is 0.504 e. The first-order valence-electron chi connectivity index (χ1n) is 17.9. The third-order valence-electron chi connectivity index (χ3n) is 11.7. The van der Waals surface area contributed by atoms with E-state index in [9.17, 15) is 28.7 Å². The number of anilines is 3. The Morgan fingerprint density at radius 2 is 1.49 bits per heavy atom. The molecule has 4 aromatic carbocycles. The lowest BCUT2D eigenvalue weighted by atomic mass is 9.51. The zero-order valence-electron chi connectivity index (χ0n) is 30.4. The first-order chi connectivity index (χ1) is 26.3. The third-order valence-corrected chi connectivity index (χ3v) is 12.0. The lowest BCUT2D eigenvalue weighted by molar-refractivity contribution is -0.131. The van der Waals surface area contributed by atoms with E-state index in [1.807, 2.05) is 49.3 Å². The number of aromatic hydroxyl groups is 1. The Labute approximate surface area is 321 Å². The second-order valence-electron chi connectivity index (χ2n) is 14.8. The molecule has 55 heavy (non-hydrogen) atoms. The van der Waals surface area contributed by atoms with Gasteiger partial charge in [0, 0.05) is 25.7 Å². The number of phenolic OH excluding ortho intramolecular Hbond substituents is 1. The number of nitrogens with zero attached hydrogens (tertiary/aromatic N) is 5. The number of benzene rings is 4. The van der Waals surface area contributed by atoms with Crippen LogP contribution in [0.2, 0.25) is 5.02 Å². The quantitative estimate of drug-likeness (QED) is 0.114. The summed E-state index contributed by atoms with van der Waals surface area (Å²) in [6, 6.07) is 22.8. The van der Waals surface area contributed by atoms with Gasteiger partial charge in [0.1, 0.15) is 5.82 Å². The molecule has 280 valence electrons. The van der Waals surface area contributed by atoms with E-state index in [4.69, 9.17) is 16.3 Å². The number of methoxy groups -OCH3 is 1. The summed E-state index contributed by atoms with van der Waals surface area (Å²) >= 11 is 6.11. The number of rotatable bonds is 7. The average Bonchev–Trinajstić information content (AvgIpc) is 3.55. The standard InChI is InChI=1S/C42H37ClFN5O6/c1-42-31(39(52)49(41(42)54)27-14-17-33(44)32(43)20-27)21-30-28(37(42)22-5-18-34(50)35(19-22)55-4)15-16-29-36(30)40(53)48(38(29)51)26-12-8-24(9-13-26)46-45-23-6-10-25(11-7-23)47(2)3/h5-15,17-20,29-31,36-37,50H,16,21H2,1-4H3/t29-,30+,31-,36-,37-,42+/m0/s1. The number of hydrogen-bond acceptors (Lipinski definition) is 9. The molecule has 0 spiro atoms. The molecular formula is C42H37ClFN5O6. The Morgan fingerprint density at radius 3 is 2.13 bits per heavy atom. The highest BCUT2D eigenvalue weighted by molar-refractivity contribution is 6.32. The predicted molar refractivity (Wildman–Crippen MR) is 205 cm³/mol. The van der Waals surface area contributed by atoms with Crippen molar-refractivity contribution in [1.29, 1.82) is 0 Å². The van der Waals surface area contributed by atoms with Gasteiger partial charge >= 0.3 is 0 Å². The van der Waals surface area contributed by atoms with E-state index >= 15 is 0 Å². The molecule has 0 bridgehead atoms. The van der Waals surface area contributed by atoms with Gasteiger partial charge in [-0.15, -0.1) is 0 Å². The maximum Gasteiger partial charge on any atom is 0.241 e. The van der Waals surface area contributed by atoms with Crippen molar-refractivity contribution in [2.45, 2.75) is 25.7 Å². The first kappa shape index (κ1) is 36.1. The summed E-state index contributed by atoms with van der Waals surface area (Å²) in [6.07, 6.45) is 2.32. The summed E-state index contributed by atoms with van der Waals surface area (Å²) in [5.41, 5.74) is 2.80. The monoisotopic (exact) mass is 761 g/mol. The normalized spacial score (nSPS) is 25.9. The van der Waals surface area contributed by atoms with Crippen LogP contribution in [0.1, 0.15) is 31.2 Å². The van der Waals surface area contributed by atoms with Gasteiger partial charge in [-0.05, 0) is 110 Å². The van der Waals surface area contributed by atoms with Gasteiger partial charge in [0.2, 0.25) is 23.6 Å². The molecule has 0 aromatic heterocycles. The van der Waals surface area contributed by atoms with Crippen LogP contribution < -0.4 is 19.4 Å². The van der Waals surface area contributed by atoms with Crippen LogP contribution in [0.3, 0.4) is 0 Å². The van der Waals surface area contributed by atoms with Crippen LogP contribution in [-0.4, -0.2) is 49.9 Å². The highest BCUT2D eigenvalue weighted by atomic mass is 35.5. The molecule has 6 atom stereocenters. The number of ether oxygens (including phenoxy) is 1. The molecule has 4 aromatic rings. The van der Waals surface area contributed by atoms with E-state index in [0.717, 1.165) is 22.2 Å². The molecule has 2 aliphatic carbocycles. The second-order valence-corrected chi connectivity index (χ2v) is 15.2. The van der Waals surface area contributed by atoms with Gasteiger partial charge in [0.25, 0.3) is 0 Å². The van der Waals surface area contributed by atoms with Crippen LogP contribution in [0.15, 0.2) is 107 Å². The summed E-state index contributed by atoms with van der Waals surface area (Å²) in [5.74, 6) is -6.01. The fraction of sp³-hybridized carbons (Fsp3) is 0.286. The predicted octanol–water partition coefficient (Wildman–Crippen LogP) is 8.11. The SMILES string of the molecule is COc1cc([C@H]2C3=CC[C@@H]4C(=O)N(c5ccc(N=Nc6ccc(N(C)C)cc6)cc5)C(=O)[C@@H]4[C@@H]3C[C@H]3C(=O)N(c4ccc(F)c(Cl)c4)C(=O)[C@@]23C)ccc1O. The van der Waals surface area contributed by atoms with E-state index in [1.165, 1.54) is 30.2 Å². The lowest BCUT2D eigenvalue weighted by Gasteiger charge is -2.49. The van der Waals surface area contributed by atoms with Crippen molar-refractivity contribution >= 4 is 63.7 Å². The van der Waals surface area contributed by atoms with Crippen molar-refractivity contribution in [2.75, 3.05) is 35.9 Å². The van der Waals surface area contributed by atoms with Crippen LogP contribution >= 0.6 is 11.6 Å². The van der Waals surface area contributed by atoms with Gasteiger partial charge < -0.3 is 14.7 Å². The molecule has 3 fully saturated rings. The average molecular weight is 762 g/mol. The molecule has 2 aliphatic heterocycles. The minimum absolute atomic E-state index is 0.104. The summed E-state index contributed by atoms with van der Waals surface area (Å²) in [7, 11) is 5.32. The Balaban J connectivity index is 1.14. The Morgan fingerprint density at radius 1 is 0.836 bits per heavy atom. The molecule has 8 rings (SSSR count). The Kier molecular flexibility index (Phi) is 8.83. The molecular weight excluding hydrogens is 725 g/mol. The summed E-state index contributed by atoms with van der Waals surface area (Å²) in [4.78, 5) is 61.9. The third kappa shape index (κ3) is 5.69. The molecule has 0 radical (unpaired) electrons. The second kappa shape index (κ2) is 13.5. The molecule has 0 unspecified atom stereocenters. The number of carbonyl (C=O) groups excluding carboxylic acids is 4. The van der Waals surface area contributed by atoms with Crippen LogP contribution in [0.4, 0.5) is 32.8 Å². The topological polar surface area (TPSA) is 132 Å². The van der Waals surface area contributed by atoms with Gasteiger partial charge in [-0.3, -0.25) is 24.1 Å². The van der Waals surface area contributed by atoms with Crippen molar-refractivity contribution in [2.24, 2.45) is 39.3 Å². The number of amides is 4. The zero-order chi connectivity index (χ0) is 38.9. The van der Waals surface area contributed by atoms with Crippen molar-refractivity contribution in [3.8, 4) is 11.5 Å². The number of azo groups is 1. The maximum absolute atomic E-state index is 14.6. The van der Waals surface area contributed by atoms with Gasteiger partial charge in [0.15, 0.2) is 11.5 Å². The van der Waals surface area contributed by atoms with E-state index in [2.05, 4.69) is 10.2 Å². The summed E-state index contributed by atoms with van der Waals surface area (Å²) in [5, 5.41) is 18.9. The van der Waals surface area contributed by atoms with E-state index < -0.39 is 52.6 Å². The molecule has 2 heterocycles. The van der Waals surface area contributed by atoms with Gasteiger partial charge in [-0.1, -0.05) is 29.3 Å². The number of imide groups is 2. The van der Waals surface area contributed by atoms with Crippen molar-refractivity contribution in [1.82, 2.24) is 0 Å². The van der Waals surface area contributed by atoms with Crippen molar-refractivity contribution < 1.29 is 33.4 Å². The van der Waals surface area contributed by atoms with Gasteiger partial charge in [-0.25, -0.2) is 9.29 Å². The highest BCUT2D eigenvalue weighted by Gasteiger charge is 2.67. The van der Waals surface area contributed by atoms with Crippen molar-refractivity contribution in [3.05, 3.63) is 113 Å². The molecule has 13 heteroatoms. The fourth-order valence-electron chi connectivity index (χ4n) is 9.00. The number of phenols is 1. The molecule has 1 N–H and O–H groups in total. The molecule has 1 saturated carbocycles. The first-order valence-corrected chi connectivity index (χ1v) is 18.3. The number of halogens is 2. The number of carbonyl (C=O) groups is 4. The lowest BCUT2D eigenvalue weighted by Crippen LogP contribution is -2.48. The maximum atomic E-state index is 14.6. The minimum atomic E-state index is -1.35.